The van der Waals surface area contributed by atoms with Crippen molar-refractivity contribution in [3.63, 3.8) is 0 Å². The van der Waals surface area contributed by atoms with Gasteiger partial charge in [0.25, 0.3) is 0 Å². The molecular weight excluding hydrogens is 294 g/mol. The fourth-order valence-electron chi connectivity index (χ4n) is 2.04. The number of rotatable bonds is 3. The normalized spacial score (nSPS) is 10.9. The van der Waals surface area contributed by atoms with Crippen LogP contribution >= 0.6 is 11.6 Å². The van der Waals surface area contributed by atoms with Crippen LogP contribution in [0.2, 0.25) is 5.02 Å². The molecule has 7 nitrogen and oxygen atoms in total. The lowest BCUT2D eigenvalue weighted by Crippen LogP contribution is -2.07. The Morgan fingerprint density at radius 1 is 1.00 bits per heavy atom. The summed E-state index contributed by atoms with van der Waals surface area (Å²) in [5.74, 6) is 1.10. The van der Waals surface area contributed by atoms with E-state index in [-0.39, 0.29) is 12.0 Å². The fourth-order valence-corrected chi connectivity index (χ4v) is 2.20. The molecule has 3 aromatic rings. The van der Waals surface area contributed by atoms with Gasteiger partial charge in [-0.05, 0) is 25.1 Å². The summed E-state index contributed by atoms with van der Waals surface area (Å²) in [6, 6.07) is 5.78. The third-order valence-electron chi connectivity index (χ3n) is 2.93. The van der Waals surface area contributed by atoms with E-state index in [1.54, 1.807) is 16.7 Å². The number of nitrogens with zero attached hydrogens (tertiary/aromatic N) is 5. The third kappa shape index (κ3) is 2.36. The third-order valence-corrected chi connectivity index (χ3v) is 3.17. The lowest BCUT2D eigenvalue weighted by molar-refractivity contribution is 0.339. The van der Waals surface area contributed by atoms with Gasteiger partial charge in [0.2, 0.25) is 5.95 Å². The van der Waals surface area contributed by atoms with Crippen LogP contribution in [0.25, 0.3) is 17.0 Å². The standard InChI is InChI=1S/C13H12ClN5O2/c1-7-15-9-6-8(14)4-5-10(9)19(7)11-16-12(20-2)18-13(17-11)21-3/h4-6H,1-3H3. The summed E-state index contributed by atoms with van der Waals surface area (Å²) in [7, 11) is 2.97. The van der Waals surface area contributed by atoms with Crippen molar-refractivity contribution in [3.05, 3.63) is 29.0 Å². The van der Waals surface area contributed by atoms with Crippen LogP contribution in [0.5, 0.6) is 12.0 Å². The average molecular weight is 306 g/mol. The van der Waals surface area contributed by atoms with Crippen molar-refractivity contribution >= 4 is 22.6 Å². The smallest absolute Gasteiger partial charge is 0.324 e. The van der Waals surface area contributed by atoms with Gasteiger partial charge in [0.1, 0.15) is 5.82 Å². The molecule has 0 amide bonds. The van der Waals surface area contributed by atoms with Crippen molar-refractivity contribution in [1.29, 1.82) is 0 Å². The maximum Gasteiger partial charge on any atom is 0.324 e. The summed E-state index contributed by atoms with van der Waals surface area (Å²) in [6.45, 7) is 1.86. The van der Waals surface area contributed by atoms with Crippen molar-refractivity contribution in [2.75, 3.05) is 14.2 Å². The van der Waals surface area contributed by atoms with Gasteiger partial charge in [0.05, 0.1) is 25.3 Å². The van der Waals surface area contributed by atoms with Gasteiger partial charge in [-0.2, -0.15) is 9.97 Å². The van der Waals surface area contributed by atoms with Gasteiger partial charge in [-0.3, -0.25) is 4.57 Å². The molecule has 108 valence electrons. The SMILES string of the molecule is COc1nc(OC)nc(-n2c(C)nc3cc(Cl)ccc32)n1. The van der Waals surface area contributed by atoms with E-state index >= 15 is 0 Å². The molecule has 0 aliphatic heterocycles. The van der Waals surface area contributed by atoms with Crippen LogP contribution in [0.1, 0.15) is 5.82 Å². The Morgan fingerprint density at radius 2 is 1.67 bits per heavy atom. The molecule has 0 saturated heterocycles. The molecule has 2 aromatic heterocycles. The van der Waals surface area contributed by atoms with Gasteiger partial charge < -0.3 is 9.47 Å². The van der Waals surface area contributed by atoms with Crippen LogP contribution in [0.3, 0.4) is 0 Å². The number of benzene rings is 1. The highest BCUT2D eigenvalue weighted by molar-refractivity contribution is 6.31. The number of imidazole rings is 1. The summed E-state index contributed by atoms with van der Waals surface area (Å²) in [5, 5.41) is 0.623. The van der Waals surface area contributed by atoms with Crippen LogP contribution in [-0.4, -0.2) is 38.7 Å². The highest BCUT2D eigenvalue weighted by Crippen LogP contribution is 2.23. The molecule has 0 radical (unpaired) electrons. The largest absolute Gasteiger partial charge is 0.467 e. The Hall–Kier alpha value is -2.41. The Morgan fingerprint density at radius 3 is 2.29 bits per heavy atom. The number of aromatic nitrogens is 5. The Balaban J connectivity index is 2.27. The minimum Gasteiger partial charge on any atom is -0.467 e. The molecule has 0 saturated carbocycles. The van der Waals surface area contributed by atoms with Crippen molar-refractivity contribution in [3.8, 4) is 18.0 Å². The molecule has 0 aliphatic carbocycles. The lowest BCUT2D eigenvalue weighted by atomic mass is 10.3. The maximum atomic E-state index is 5.99. The van der Waals surface area contributed by atoms with E-state index in [0.29, 0.717) is 11.0 Å². The molecule has 0 spiro atoms. The summed E-state index contributed by atoms with van der Waals surface area (Å²) >= 11 is 5.99. The molecule has 2 heterocycles. The minimum atomic E-state index is 0.173. The van der Waals surface area contributed by atoms with E-state index in [2.05, 4.69) is 19.9 Å². The molecule has 1 aromatic carbocycles. The predicted molar refractivity (Wildman–Crippen MR) is 77.3 cm³/mol. The van der Waals surface area contributed by atoms with Gasteiger partial charge in [0, 0.05) is 5.02 Å². The van der Waals surface area contributed by atoms with Crippen LogP contribution in [0.4, 0.5) is 0 Å². The highest BCUT2D eigenvalue weighted by Gasteiger charge is 2.15. The van der Waals surface area contributed by atoms with E-state index in [9.17, 15) is 0 Å². The number of ether oxygens (including phenoxy) is 2. The van der Waals surface area contributed by atoms with Crippen LogP contribution < -0.4 is 9.47 Å². The molecule has 0 aliphatic rings. The summed E-state index contributed by atoms with van der Waals surface area (Å²) in [6.07, 6.45) is 0. The second kappa shape index (κ2) is 5.17. The molecule has 21 heavy (non-hydrogen) atoms. The highest BCUT2D eigenvalue weighted by atomic mass is 35.5. The lowest BCUT2D eigenvalue weighted by Gasteiger charge is -2.07. The molecule has 0 fully saturated rings. The number of hydrogen-bond acceptors (Lipinski definition) is 6. The number of halogens is 1. The first-order valence-corrected chi connectivity index (χ1v) is 6.49. The van der Waals surface area contributed by atoms with E-state index < -0.39 is 0 Å². The molecule has 3 rings (SSSR count). The zero-order valence-corrected chi connectivity index (χ0v) is 12.4. The van der Waals surface area contributed by atoms with Crippen LogP contribution in [0.15, 0.2) is 18.2 Å². The predicted octanol–water partition coefficient (Wildman–Crippen LogP) is 2.19. The quantitative estimate of drug-likeness (QED) is 0.738. The molecular formula is C13H12ClN5O2. The topological polar surface area (TPSA) is 75.0 Å². The van der Waals surface area contributed by atoms with Crippen molar-refractivity contribution in [1.82, 2.24) is 24.5 Å². The van der Waals surface area contributed by atoms with Gasteiger partial charge in [-0.1, -0.05) is 11.6 Å². The van der Waals surface area contributed by atoms with Crippen molar-refractivity contribution in [2.24, 2.45) is 0 Å². The monoisotopic (exact) mass is 305 g/mol. The minimum absolute atomic E-state index is 0.173. The van der Waals surface area contributed by atoms with E-state index in [1.807, 2.05) is 13.0 Å². The van der Waals surface area contributed by atoms with E-state index in [1.165, 1.54) is 14.2 Å². The number of aryl methyl sites for hydroxylation is 1. The Labute approximate surface area is 125 Å². The average Bonchev–Trinajstić information content (AvgIpc) is 2.81. The van der Waals surface area contributed by atoms with Gasteiger partial charge in [-0.15, -0.1) is 4.98 Å². The molecule has 0 atom stereocenters. The first-order valence-electron chi connectivity index (χ1n) is 6.11. The first-order chi connectivity index (χ1) is 10.1. The first kappa shape index (κ1) is 13.6. The fraction of sp³-hybridized carbons (Fsp3) is 0.231. The van der Waals surface area contributed by atoms with Crippen molar-refractivity contribution < 1.29 is 9.47 Å². The second-order valence-electron chi connectivity index (χ2n) is 4.24. The molecule has 0 N–H and O–H groups in total. The summed E-state index contributed by atoms with van der Waals surface area (Å²) < 4.78 is 11.9. The number of hydrogen-bond donors (Lipinski definition) is 0. The maximum absolute atomic E-state index is 5.99. The molecule has 0 unspecified atom stereocenters. The zero-order valence-electron chi connectivity index (χ0n) is 11.7. The van der Waals surface area contributed by atoms with Gasteiger partial charge in [-0.25, -0.2) is 4.98 Å². The van der Waals surface area contributed by atoms with Crippen molar-refractivity contribution in [2.45, 2.75) is 6.92 Å². The summed E-state index contributed by atoms with van der Waals surface area (Å²) in [4.78, 5) is 16.9. The number of methoxy groups -OCH3 is 2. The summed E-state index contributed by atoms with van der Waals surface area (Å²) in [5.41, 5.74) is 1.60. The van der Waals surface area contributed by atoms with Gasteiger partial charge >= 0.3 is 12.0 Å². The molecule has 8 heteroatoms. The van der Waals surface area contributed by atoms with Gasteiger partial charge in [0.15, 0.2) is 0 Å². The Bertz CT molecular complexity index is 795. The second-order valence-corrected chi connectivity index (χ2v) is 4.67. The molecule has 0 bridgehead atoms. The van der Waals surface area contributed by atoms with Crippen LogP contribution in [0, 0.1) is 6.92 Å². The Kier molecular flexibility index (Phi) is 3.34. The van der Waals surface area contributed by atoms with E-state index in [0.717, 1.165) is 16.9 Å². The number of fused-ring (bicyclic) bond motifs is 1. The zero-order chi connectivity index (χ0) is 15.0. The van der Waals surface area contributed by atoms with E-state index in [4.69, 9.17) is 21.1 Å². The van der Waals surface area contributed by atoms with Crippen LogP contribution in [-0.2, 0) is 0 Å².